The number of nitrogens with one attached hydrogen (secondary N) is 2. The largest absolute Gasteiger partial charge is 0.351 e. The van der Waals surface area contributed by atoms with Crippen molar-refractivity contribution in [3.63, 3.8) is 0 Å². The number of hydrogen-bond donors (Lipinski definition) is 2. The van der Waals surface area contributed by atoms with E-state index in [1.807, 2.05) is 12.3 Å². The Kier molecular flexibility index (Phi) is 4.42. The summed E-state index contributed by atoms with van der Waals surface area (Å²) in [5, 5.41) is 8.84. The molecular weight excluding hydrogens is 256 g/mol. The molecule has 5 heteroatoms. The van der Waals surface area contributed by atoms with Crippen molar-refractivity contribution in [1.82, 2.24) is 10.6 Å². The average molecular weight is 273 g/mol. The molecule has 0 aromatic carbocycles. The summed E-state index contributed by atoms with van der Waals surface area (Å²) < 4.78 is 0. The molecule has 0 spiro atoms. The monoisotopic (exact) mass is 272 g/mol. The first-order valence-electron chi connectivity index (χ1n) is 5.93. The van der Waals surface area contributed by atoms with Gasteiger partial charge in [-0.25, -0.2) is 0 Å². The molecule has 1 saturated heterocycles. The van der Waals surface area contributed by atoms with E-state index in [9.17, 15) is 4.79 Å². The Hall–Kier alpha value is -0.580. The van der Waals surface area contributed by atoms with Gasteiger partial charge in [0.1, 0.15) is 4.88 Å². The first kappa shape index (κ1) is 12.9. The van der Waals surface area contributed by atoms with E-state index in [2.05, 4.69) is 10.6 Å². The second-order valence-electron chi connectivity index (χ2n) is 4.40. The third-order valence-electron chi connectivity index (χ3n) is 3.05. The number of carbonyl (C=O) groups excluding carboxylic acids is 1. The SMILES string of the molecule is Cc1csc(C(=O)NCC[C@@H]2CCCN2)c1Cl. The Morgan fingerprint density at radius 3 is 3.12 bits per heavy atom. The molecule has 1 aromatic heterocycles. The fraction of sp³-hybridized carbons (Fsp3) is 0.583. The molecule has 1 aliphatic heterocycles. The lowest BCUT2D eigenvalue weighted by atomic mass is 10.1. The number of aryl methyl sites for hydroxylation is 1. The maximum Gasteiger partial charge on any atom is 0.262 e. The highest BCUT2D eigenvalue weighted by atomic mass is 35.5. The maximum absolute atomic E-state index is 11.8. The van der Waals surface area contributed by atoms with Crippen LogP contribution in [0.2, 0.25) is 5.02 Å². The molecule has 0 radical (unpaired) electrons. The van der Waals surface area contributed by atoms with Crippen molar-refractivity contribution in [3.8, 4) is 0 Å². The minimum atomic E-state index is -0.0499. The number of thiophene rings is 1. The Balaban J connectivity index is 1.79. The van der Waals surface area contributed by atoms with Crippen molar-refractivity contribution in [2.24, 2.45) is 0 Å². The first-order chi connectivity index (χ1) is 8.18. The van der Waals surface area contributed by atoms with Crippen LogP contribution in [0.25, 0.3) is 0 Å². The van der Waals surface area contributed by atoms with Crippen LogP contribution in [-0.4, -0.2) is 25.0 Å². The molecule has 2 N–H and O–H groups in total. The third kappa shape index (κ3) is 3.21. The fourth-order valence-corrected chi connectivity index (χ4v) is 3.22. The summed E-state index contributed by atoms with van der Waals surface area (Å²) in [6.07, 6.45) is 3.46. The standard InChI is InChI=1S/C12H17ClN2OS/c1-8-7-17-11(10(8)13)12(16)15-6-4-9-3-2-5-14-9/h7,9,14H,2-6H2,1H3,(H,15,16)/t9-/m0/s1. The lowest BCUT2D eigenvalue weighted by molar-refractivity contribution is 0.0956. The van der Waals surface area contributed by atoms with Gasteiger partial charge in [0.2, 0.25) is 0 Å². The normalized spacial score (nSPS) is 19.5. The molecule has 17 heavy (non-hydrogen) atoms. The molecule has 1 amide bonds. The predicted octanol–water partition coefficient (Wildman–Crippen LogP) is 2.58. The van der Waals surface area contributed by atoms with E-state index < -0.39 is 0 Å². The molecule has 0 bridgehead atoms. The smallest absolute Gasteiger partial charge is 0.262 e. The molecule has 1 aromatic rings. The predicted molar refractivity (Wildman–Crippen MR) is 72.0 cm³/mol. The van der Waals surface area contributed by atoms with Crippen molar-refractivity contribution < 1.29 is 4.79 Å². The molecule has 0 saturated carbocycles. The topological polar surface area (TPSA) is 41.1 Å². The molecule has 0 aliphatic carbocycles. The number of amides is 1. The van der Waals surface area contributed by atoms with Crippen LogP contribution < -0.4 is 10.6 Å². The second-order valence-corrected chi connectivity index (χ2v) is 5.66. The number of halogens is 1. The summed E-state index contributed by atoms with van der Waals surface area (Å²) in [6.45, 7) is 3.73. The molecule has 1 fully saturated rings. The van der Waals surface area contributed by atoms with E-state index in [0.29, 0.717) is 22.5 Å². The molecule has 0 unspecified atom stereocenters. The van der Waals surface area contributed by atoms with Gasteiger partial charge in [0.15, 0.2) is 0 Å². The molecule has 3 nitrogen and oxygen atoms in total. The summed E-state index contributed by atoms with van der Waals surface area (Å²) in [4.78, 5) is 12.5. The highest BCUT2D eigenvalue weighted by molar-refractivity contribution is 7.13. The van der Waals surface area contributed by atoms with Crippen molar-refractivity contribution in [2.75, 3.05) is 13.1 Å². The number of carbonyl (C=O) groups is 1. The Morgan fingerprint density at radius 2 is 2.53 bits per heavy atom. The van der Waals surface area contributed by atoms with Crippen molar-refractivity contribution in [2.45, 2.75) is 32.2 Å². The van der Waals surface area contributed by atoms with Crippen molar-refractivity contribution in [3.05, 3.63) is 20.8 Å². The van der Waals surface area contributed by atoms with Gasteiger partial charge in [-0.1, -0.05) is 11.6 Å². The highest BCUT2D eigenvalue weighted by Crippen LogP contribution is 2.26. The summed E-state index contributed by atoms with van der Waals surface area (Å²) >= 11 is 7.45. The Morgan fingerprint density at radius 1 is 1.71 bits per heavy atom. The van der Waals surface area contributed by atoms with E-state index in [-0.39, 0.29) is 5.91 Å². The molecule has 2 rings (SSSR count). The first-order valence-corrected chi connectivity index (χ1v) is 7.19. The van der Waals surface area contributed by atoms with Crippen LogP contribution in [0.5, 0.6) is 0 Å². The molecule has 1 atom stereocenters. The fourth-order valence-electron chi connectivity index (χ4n) is 2.03. The third-order valence-corrected chi connectivity index (χ3v) is 4.74. The van der Waals surface area contributed by atoms with Crippen LogP contribution >= 0.6 is 22.9 Å². The Bertz CT molecular complexity index is 399. The van der Waals surface area contributed by atoms with Gasteiger partial charge in [-0.3, -0.25) is 4.79 Å². The average Bonchev–Trinajstić information content (AvgIpc) is 2.91. The van der Waals surface area contributed by atoms with Crippen LogP contribution in [0, 0.1) is 6.92 Å². The number of rotatable bonds is 4. The molecule has 2 heterocycles. The summed E-state index contributed by atoms with van der Waals surface area (Å²) in [5.74, 6) is -0.0499. The van der Waals surface area contributed by atoms with Gasteiger partial charge < -0.3 is 10.6 Å². The lowest BCUT2D eigenvalue weighted by Gasteiger charge is -2.10. The van der Waals surface area contributed by atoms with Gasteiger partial charge in [-0.15, -0.1) is 11.3 Å². The lowest BCUT2D eigenvalue weighted by Crippen LogP contribution is -2.30. The minimum Gasteiger partial charge on any atom is -0.351 e. The molecule has 1 aliphatic rings. The van der Waals surface area contributed by atoms with E-state index in [0.717, 1.165) is 18.5 Å². The summed E-state index contributed by atoms with van der Waals surface area (Å²) in [6, 6.07) is 0.566. The zero-order chi connectivity index (χ0) is 12.3. The Labute approximate surface area is 111 Å². The quantitative estimate of drug-likeness (QED) is 0.885. The van der Waals surface area contributed by atoms with E-state index >= 15 is 0 Å². The van der Waals surface area contributed by atoms with Crippen LogP contribution in [0.15, 0.2) is 5.38 Å². The van der Waals surface area contributed by atoms with Crippen molar-refractivity contribution in [1.29, 1.82) is 0 Å². The zero-order valence-electron chi connectivity index (χ0n) is 9.88. The van der Waals surface area contributed by atoms with Gasteiger partial charge in [0.05, 0.1) is 5.02 Å². The molecular formula is C12H17ClN2OS. The minimum absolute atomic E-state index is 0.0499. The second kappa shape index (κ2) is 5.85. The maximum atomic E-state index is 11.8. The molecule has 94 valence electrons. The summed E-state index contributed by atoms with van der Waals surface area (Å²) in [5.41, 5.74) is 0.972. The zero-order valence-corrected chi connectivity index (χ0v) is 11.5. The van der Waals surface area contributed by atoms with Gasteiger partial charge in [0.25, 0.3) is 5.91 Å². The van der Waals surface area contributed by atoms with Gasteiger partial charge in [0, 0.05) is 12.6 Å². The van der Waals surface area contributed by atoms with E-state index in [1.165, 1.54) is 24.2 Å². The van der Waals surface area contributed by atoms with Crippen LogP contribution in [-0.2, 0) is 0 Å². The highest BCUT2D eigenvalue weighted by Gasteiger charge is 2.16. The van der Waals surface area contributed by atoms with Crippen LogP contribution in [0.1, 0.15) is 34.5 Å². The van der Waals surface area contributed by atoms with Crippen LogP contribution in [0.3, 0.4) is 0 Å². The van der Waals surface area contributed by atoms with Gasteiger partial charge in [-0.2, -0.15) is 0 Å². The van der Waals surface area contributed by atoms with E-state index in [1.54, 1.807) is 0 Å². The van der Waals surface area contributed by atoms with E-state index in [4.69, 9.17) is 11.6 Å². The van der Waals surface area contributed by atoms with Gasteiger partial charge >= 0.3 is 0 Å². The summed E-state index contributed by atoms with van der Waals surface area (Å²) in [7, 11) is 0. The van der Waals surface area contributed by atoms with Crippen LogP contribution in [0.4, 0.5) is 0 Å². The van der Waals surface area contributed by atoms with Crippen molar-refractivity contribution >= 4 is 28.8 Å². The van der Waals surface area contributed by atoms with Gasteiger partial charge in [-0.05, 0) is 43.7 Å². The number of hydrogen-bond acceptors (Lipinski definition) is 3.